The standard InChI is InChI=1S/C27H18F6N4O3/c1-39-20-8-5-16(6-9-20)13-37(24(38)17-3-2-4-18(11-17)26(28,29)30)25-35-21-12-19(7-10-22(21)40-25)36-14-23(34-15-36)27(31,32)33/h2-12,14-15H,13H2,1H3. The molecule has 3 aromatic carbocycles. The fourth-order valence-corrected chi connectivity index (χ4v) is 3.91. The number of benzene rings is 3. The van der Waals surface area contributed by atoms with E-state index in [4.69, 9.17) is 9.15 Å². The highest BCUT2D eigenvalue weighted by atomic mass is 19.4. The first-order valence-electron chi connectivity index (χ1n) is 11.6. The van der Waals surface area contributed by atoms with Crippen molar-refractivity contribution in [2.45, 2.75) is 18.9 Å². The molecule has 0 N–H and O–H groups in total. The van der Waals surface area contributed by atoms with Gasteiger partial charge in [0, 0.05) is 17.4 Å². The van der Waals surface area contributed by atoms with Crippen molar-refractivity contribution in [3.8, 4) is 11.4 Å². The molecule has 0 aliphatic rings. The molecule has 0 spiro atoms. The number of alkyl halides is 6. The lowest BCUT2D eigenvalue weighted by Crippen LogP contribution is -2.31. The molecule has 1 amide bonds. The van der Waals surface area contributed by atoms with Gasteiger partial charge in [0.2, 0.25) is 0 Å². The van der Waals surface area contributed by atoms with Crippen molar-refractivity contribution >= 4 is 23.0 Å². The zero-order valence-electron chi connectivity index (χ0n) is 20.5. The molecule has 5 rings (SSSR count). The summed E-state index contributed by atoms with van der Waals surface area (Å²) >= 11 is 0. The smallest absolute Gasteiger partial charge is 0.434 e. The number of hydrogen-bond acceptors (Lipinski definition) is 5. The van der Waals surface area contributed by atoms with Crippen LogP contribution in [0.4, 0.5) is 32.4 Å². The molecule has 0 aliphatic carbocycles. The van der Waals surface area contributed by atoms with Crippen LogP contribution in [0.5, 0.6) is 5.75 Å². The van der Waals surface area contributed by atoms with E-state index in [0.29, 0.717) is 17.0 Å². The number of nitrogens with zero attached hydrogens (tertiary/aromatic N) is 4. The molecule has 0 bridgehead atoms. The van der Waals surface area contributed by atoms with E-state index in [1.54, 1.807) is 24.3 Å². The van der Waals surface area contributed by atoms with Gasteiger partial charge in [-0.25, -0.2) is 4.98 Å². The molecule has 5 aromatic rings. The minimum atomic E-state index is -4.66. The number of amides is 1. The quantitative estimate of drug-likeness (QED) is 0.211. The van der Waals surface area contributed by atoms with Gasteiger partial charge in [-0.05, 0) is 54.1 Å². The maximum absolute atomic E-state index is 13.5. The summed E-state index contributed by atoms with van der Waals surface area (Å²) in [6.45, 7) is -0.116. The van der Waals surface area contributed by atoms with Crippen LogP contribution in [0.25, 0.3) is 16.8 Å². The Bertz CT molecular complexity index is 1670. The summed E-state index contributed by atoms with van der Waals surface area (Å²) in [5, 5.41) is 0. The van der Waals surface area contributed by atoms with Crippen LogP contribution in [0.2, 0.25) is 0 Å². The van der Waals surface area contributed by atoms with E-state index >= 15 is 0 Å². The Labute approximate surface area is 222 Å². The zero-order chi connectivity index (χ0) is 28.7. The molecule has 0 aliphatic heterocycles. The van der Waals surface area contributed by atoms with Crippen LogP contribution < -0.4 is 9.64 Å². The number of methoxy groups -OCH3 is 1. The highest BCUT2D eigenvalue weighted by Crippen LogP contribution is 2.32. The molecule has 40 heavy (non-hydrogen) atoms. The minimum absolute atomic E-state index is 0.116. The monoisotopic (exact) mass is 560 g/mol. The lowest BCUT2D eigenvalue weighted by atomic mass is 10.1. The first-order valence-corrected chi connectivity index (χ1v) is 11.6. The highest BCUT2D eigenvalue weighted by Gasteiger charge is 2.34. The summed E-state index contributed by atoms with van der Waals surface area (Å²) in [6.07, 6.45) is -7.47. The second-order valence-electron chi connectivity index (χ2n) is 8.63. The maximum Gasteiger partial charge on any atom is 0.434 e. The molecule has 2 heterocycles. The first kappa shape index (κ1) is 26.8. The van der Waals surface area contributed by atoms with Crippen molar-refractivity contribution in [2.75, 3.05) is 12.0 Å². The maximum atomic E-state index is 13.5. The van der Waals surface area contributed by atoms with E-state index in [9.17, 15) is 31.1 Å². The van der Waals surface area contributed by atoms with Gasteiger partial charge in [-0.3, -0.25) is 9.69 Å². The Kier molecular flexibility index (Phi) is 6.74. The Morgan fingerprint density at radius 2 is 1.73 bits per heavy atom. The molecule has 0 unspecified atom stereocenters. The van der Waals surface area contributed by atoms with Gasteiger partial charge in [0.15, 0.2) is 11.3 Å². The molecule has 0 saturated carbocycles. The summed E-state index contributed by atoms with van der Waals surface area (Å²) in [5.41, 5.74) is -1.03. The molecule has 13 heteroatoms. The van der Waals surface area contributed by atoms with Crippen LogP contribution in [0.3, 0.4) is 0 Å². The number of carbonyl (C=O) groups excluding carboxylic acids is 1. The Balaban J connectivity index is 1.54. The number of carbonyl (C=O) groups is 1. The van der Waals surface area contributed by atoms with E-state index in [0.717, 1.165) is 40.2 Å². The van der Waals surface area contributed by atoms with Gasteiger partial charge in [-0.2, -0.15) is 31.3 Å². The van der Waals surface area contributed by atoms with Crippen LogP contribution in [-0.4, -0.2) is 27.6 Å². The number of ether oxygens (including phenoxy) is 1. The number of anilines is 1. The predicted molar refractivity (Wildman–Crippen MR) is 131 cm³/mol. The van der Waals surface area contributed by atoms with Crippen molar-refractivity contribution in [3.63, 3.8) is 0 Å². The number of oxazole rings is 1. The lowest BCUT2D eigenvalue weighted by Gasteiger charge is -2.19. The van der Waals surface area contributed by atoms with Crippen LogP contribution in [0.1, 0.15) is 27.2 Å². The average Bonchev–Trinajstić information content (AvgIpc) is 3.59. The third kappa shape index (κ3) is 5.48. The summed E-state index contributed by atoms with van der Waals surface area (Å²) in [6, 6.07) is 14.8. The molecule has 0 radical (unpaired) electrons. The number of imidazole rings is 1. The van der Waals surface area contributed by atoms with Gasteiger partial charge >= 0.3 is 18.4 Å². The van der Waals surface area contributed by atoms with Gasteiger partial charge < -0.3 is 13.7 Å². The van der Waals surface area contributed by atoms with Crippen molar-refractivity contribution < 1.29 is 40.3 Å². The van der Waals surface area contributed by atoms with Crippen LogP contribution in [0, 0.1) is 0 Å². The fourth-order valence-electron chi connectivity index (χ4n) is 3.91. The van der Waals surface area contributed by atoms with Gasteiger partial charge in [0.1, 0.15) is 11.3 Å². The van der Waals surface area contributed by atoms with Crippen molar-refractivity contribution in [3.05, 3.63) is 102 Å². The molecule has 0 atom stereocenters. The van der Waals surface area contributed by atoms with E-state index in [-0.39, 0.29) is 29.2 Å². The molecule has 2 aromatic heterocycles. The normalized spacial score (nSPS) is 12.1. The topological polar surface area (TPSA) is 73.4 Å². The number of hydrogen-bond donors (Lipinski definition) is 0. The van der Waals surface area contributed by atoms with Crippen molar-refractivity contribution in [1.29, 1.82) is 0 Å². The number of aromatic nitrogens is 3. The Hall–Kier alpha value is -4.81. The first-order chi connectivity index (χ1) is 18.9. The number of fused-ring (bicyclic) bond motifs is 1. The summed E-state index contributed by atoms with van der Waals surface area (Å²) in [4.78, 5) is 22.3. The van der Waals surface area contributed by atoms with Crippen LogP contribution in [0.15, 0.2) is 83.7 Å². The van der Waals surface area contributed by atoms with E-state index in [2.05, 4.69) is 9.97 Å². The minimum Gasteiger partial charge on any atom is -0.497 e. The van der Waals surface area contributed by atoms with Gasteiger partial charge in [0.05, 0.1) is 25.5 Å². The van der Waals surface area contributed by atoms with Gasteiger partial charge in [-0.15, -0.1) is 0 Å². The van der Waals surface area contributed by atoms with E-state index in [1.807, 2.05) is 0 Å². The van der Waals surface area contributed by atoms with E-state index < -0.39 is 29.5 Å². The number of halogens is 6. The third-order valence-corrected chi connectivity index (χ3v) is 5.94. The van der Waals surface area contributed by atoms with Crippen LogP contribution >= 0.6 is 0 Å². The fraction of sp³-hybridized carbons (Fsp3) is 0.148. The van der Waals surface area contributed by atoms with Crippen molar-refractivity contribution in [2.24, 2.45) is 0 Å². The second kappa shape index (κ2) is 10.1. The number of rotatable bonds is 6. The molecule has 7 nitrogen and oxygen atoms in total. The molecular formula is C27H18F6N4O3. The van der Waals surface area contributed by atoms with Crippen molar-refractivity contribution in [1.82, 2.24) is 14.5 Å². The zero-order valence-corrected chi connectivity index (χ0v) is 20.5. The average molecular weight is 560 g/mol. The summed E-state index contributed by atoms with van der Waals surface area (Å²) in [5.74, 6) is -0.250. The van der Waals surface area contributed by atoms with Crippen LogP contribution in [-0.2, 0) is 18.9 Å². The molecule has 206 valence electrons. The molecule has 0 fully saturated rings. The summed E-state index contributed by atoms with van der Waals surface area (Å²) < 4.78 is 91.0. The Morgan fingerprint density at radius 3 is 2.38 bits per heavy atom. The largest absolute Gasteiger partial charge is 0.497 e. The SMILES string of the molecule is COc1ccc(CN(C(=O)c2cccc(C(F)(F)F)c2)c2nc3cc(-n4cnc(C(F)(F)F)c4)ccc3o2)cc1. The highest BCUT2D eigenvalue weighted by molar-refractivity contribution is 6.05. The third-order valence-electron chi connectivity index (χ3n) is 5.94. The molecule has 0 saturated heterocycles. The predicted octanol–water partition coefficient (Wildman–Crippen LogP) is 6.91. The summed E-state index contributed by atoms with van der Waals surface area (Å²) in [7, 11) is 1.48. The second-order valence-corrected chi connectivity index (χ2v) is 8.63. The van der Waals surface area contributed by atoms with E-state index in [1.165, 1.54) is 31.4 Å². The van der Waals surface area contributed by atoms with Gasteiger partial charge in [-0.1, -0.05) is 18.2 Å². The lowest BCUT2D eigenvalue weighted by molar-refractivity contribution is -0.141. The van der Waals surface area contributed by atoms with Gasteiger partial charge in [0.25, 0.3) is 5.91 Å². The Morgan fingerprint density at radius 1 is 0.975 bits per heavy atom. The molecular weight excluding hydrogens is 542 g/mol.